The van der Waals surface area contributed by atoms with Gasteiger partial charge in [0.05, 0.1) is 0 Å². The number of hydrogen-bond donors (Lipinski definition) is 1. The molecule has 0 radical (unpaired) electrons. The lowest BCUT2D eigenvalue weighted by atomic mass is 10.1. The zero-order valence-electron chi connectivity index (χ0n) is 13.9. The third kappa shape index (κ3) is 5.52. The SMILES string of the molecule is O=C(Nc1ncc(Cc2ccccc2)s1)c1cccnc1OCC(F)(F)F. The van der Waals surface area contributed by atoms with E-state index in [2.05, 4.69) is 20.0 Å². The van der Waals surface area contributed by atoms with Crippen molar-refractivity contribution < 1.29 is 22.7 Å². The molecule has 0 atom stereocenters. The molecule has 0 bridgehead atoms. The number of nitrogens with one attached hydrogen (secondary N) is 1. The van der Waals surface area contributed by atoms with Gasteiger partial charge in [0.1, 0.15) is 5.56 Å². The number of pyridine rings is 1. The van der Waals surface area contributed by atoms with E-state index in [0.717, 1.165) is 10.4 Å². The molecule has 0 saturated carbocycles. The van der Waals surface area contributed by atoms with E-state index >= 15 is 0 Å². The molecule has 5 nitrogen and oxygen atoms in total. The number of halogens is 3. The first-order valence-electron chi connectivity index (χ1n) is 7.85. The molecule has 0 spiro atoms. The fraction of sp³-hybridized carbons (Fsp3) is 0.167. The van der Waals surface area contributed by atoms with E-state index in [0.29, 0.717) is 11.6 Å². The predicted octanol–water partition coefficient (Wildman–Crippen LogP) is 4.32. The molecular weight excluding hydrogens is 379 g/mol. The molecule has 0 aliphatic rings. The average Bonchev–Trinajstić information content (AvgIpc) is 3.07. The van der Waals surface area contributed by atoms with Crippen molar-refractivity contribution in [3.63, 3.8) is 0 Å². The molecule has 0 unspecified atom stereocenters. The molecule has 140 valence electrons. The number of nitrogens with zero attached hydrogens (tertiary/aromatic N) is 2. The van der Waals surface area contributed by atoms with Crippen LogP contribution in [-0.4, -0.2) is 28.7 Å². The number of hydrogen-bond acceptors (Lipinski definition) is 5. The number of carbonyl (C=O) groups excluding carboxylic acids is 1. The number of rotatable bonds is 6. The molecule has 1 N–H and O–H groups in total. The van der Waals surface area contributed by atoms with E-state index in [9.17, 15) is 18.0 Å². The fourth-order valence-electron chi connectivity index (χ4n) is 2.24. The average molecular weight is 393 g/mol. The number of carbonyl (C=O) groups is 1. The minimum Gasteiger partial charge on any atom is -0.467 e. The van der Waals surface area contributed by atoms with Crippen LogP contribution in [0.15, 0.2) is 54.9 Å². The van der Waals surface area contributed by atoms with Crippen LogP contribution in [0.25, 0.3) is 0 Å². The van der Waals surface area contributed by atoms with E-state index in [1.807, 2.05) is 30.3 Å². The molecule has 0 aliphatic heterocycles. The molecule has 3 aromatic rings. The van der Waals surface area contributed by atoms with Gasteiger partial charge in [-0.25, -0.2) is 9.97 Å². The normalized spacial score (nSPS) is 11.2. The maximum Gasteiger partial charge on any atom is 0.422 e. The fourth-order valence-corrected chi connectivity index (χ4v) is 3.08. The molecule has 2 aromatic heterocycles. The minimum atomic E-state index is -4.52. The first-order chi connectivity index (χ1) is 12.9. The predicted molar refractivity (Wildman–Crippen MR) is 95.1 cm³/mol. The van der Waals surface area contributed by atoms with Crippen molar-refractivity contribution in [2.24, 2.45) is 0 Å². The highest BCUT2D eigenvalue weighted by Crippen LogP contribution is 2.24. The van der Waals surface area contributed by atoms with E-state index in [1.54, 1.807) is 6.20 Å². The third-order valence-corrected chi connectivity index (χ3v) is 4.30. The van der Waals surface area contributed by atoms with Crippen molar-refractivity contribution >= 4 is 22.4 Å². The van der Waals surface area contributed by atoms with Gasteiger partial charge in [0, 0.05) is 23.7 Å². The van der Waals surface area contributed by atoms with Crippen LogP contribution in [0.4, 0.5) is 18.3 Å². The number of anilines is 1. The smallest absolute Gasteiger partial charge is 0.422 e. The van der Waals surface area contributed by atoms with Crippen LogP contribution in [0.5, 0.6) is 5.88 Å². The van der Waals surface area contributed by atoms with Crippen LogP contribution in [0.3, 0.4) is 0 Å². The van der Waals surface area contributed by atoms with Crippen molar-refractivity contribution in [2.45, 2.75) is 12.6 Å². The van der Waals surface area contributed by atoms with Crippen LogP contribution >= 0.6 is 11.3 Å². The Morgan fingerprint density at radius 2 is 1.89 bits per heavy atom. The van der Waals surface area contributed by atoms with Crippen molar-refractivity contribution in [2.75, 3.05) is 11.9 Å². The third-order valence-electron chi connectivity index (χ3n) is 3.38. The molecular formula is C18H14F3N3O2S. The standard InChI is InChI=1S/C18H14F3N3O2S/c19-18(20,21)11-26-16-14(7-4-8-22-16)15(25)24-17-23-10-13(27-17)9-12-5-2-1-3-6-12/h1-8,10H,9,11H2,(H,23,24,25). The van der Waals surface area contributed by atoms with Gasteiger partial charge in [0.15, 0.2) is 11.7 Å². The van der Waals surface area contributed by atoms with Crippen molar-refractivity contribution in [1.29, 1.82) is 0 Å². The Bertz CT molecular complexity index is 913. The topological polar surface area (TPSA) is 64.1 Å². The highest BCUT2D eigenvalue weighted by molar-refractivity contribution is 7.15. The van der Waals surface area contributed by atoms with E-state index in [1.165, 1.54) is 29.7 Å². The maximum absolute atomic E-state index is 12.4. The molecule has 9 heteroatoms. The molecule has 3 rings (SSSR count). The van der Waals surface area contributed by atoms with E-state index < -0.39 is 18.7 Å². The molecule has 1 aromatic carbocycles. The lowest BCUT2D eigenvalue weighted by Gasteiger charge is -2.11. The minimum absolute atomic E-state index is 0.0958. The Labute approximate surface area is 156 Å². The summed E-state index contributed by atoms with van der Waals surface area (Å²) in [6.07, 6.45) is -0.949. The summed E-state index contributed by atoms with van der Waals surface area (Å²) in [5.74, 6) is -1.02. The van der Waals surface area contributed by atoms with Crippen LogP contribution in [0.2, 0.25) is 0 Å². The van der Waals surface area contributed by atoms with Gasteiger partial charge in [-0.1, -0.05) is 30.3 Å². The van der Waals surface area contributed by atoms with Gasteiger partial charge >= 0.3 is 6.18 Å². The quantitative estimate of drug-likeness (QED) is 0.677. The zero-order chi connectivity index (χ0) is 19.3. The second-order valence-electron chi connectivity index (χ2n) is 5.51. The number of alkyl halides is 3. The number of thiazole rings is 1. The molecule has 2 heterocycles. The molecule has 0 saturated heterocycles. The number of ether oxygens (including phenoxy) is 1. The van der Waals surface area contributed by atoms with Gasteiger partial charge in [-0.2, -0.15) is 13.2 Å². The van der Waals surface area contributed by atoms with Crippen LogP contribution in [0.1, 0.15) is 20.8 Å². The van der Waals surface area contributed by atoms with Gasteiger partial charge in [0.2, 0.25) is 5.88 Å². The van der Waals surface area contributed by atoms with E-state index in [-0.39, 0.29) is 11.4 Å². The second-order valence-corrected chi connectivity index (χ2v) is 6.62. The molecule has 0 aliphatic carbocycles. The Morgan fingerprint density at radius 1 is 1.11 bits per heavy atom. The monoisotopic (exact) mass is 393 g/mol. The highest BCUT2D eigenvalue weighted by atomic mass is 32.1. The van der Waals surface area contributed by atoms with Crippen LogP contribution in [0, 0.1) is 0 Å². The summed E-state index contributed by atoms with van der Waals surface area (Å²) in [4.78, 5) is 21.2. The summed E-state index contributed by atoms with van der Waals surface area (Å²) < 4.78 is 41.7. The summed E-state index contributed by atoms with van der Waals surface area (Å²) in [5.41, 5.74) is 1.01. The summed E-state index contributed by atoms with van der Waals surface area (Å²) >= 11 is 1.29. The highest BCUT2D eigenvalue weighted by Gasteiger charge is 2.29. The van der Waals surface area contributed by atoms with Gasteiger partial charge < -0.3 is 4.74 Å². The largest absolute Gasteiger partial charge is 0.467 e. The Morgan fingerprint density at radius 3 is 2.63 bits per heavy atom. The Hall–Kier alpha value is -2.94. The Balaban J connectivity index is 1.67. The van der Waals surface area contributed by atoms with Crippen LogP contribution < -0.4 is 10.1 Å². The number of benzene rings is 1. The number of amides is 1. The van der Waals surface area contributed by atoms with Crippen molar-refractivity contribution in [1.82, 2.24) is 9.97 Å². The van der Waals surface area contributed by atoms with E-state index in [4.69, 9.17) is 0 Å². The summed E-state index contributed by atoms with van der Waals surface area (Å²) in [7, 11) is 0. The molecule has 27 heavy (non-hydrogen) atoms. The van der Waals surface area contributed by atoms with Crippen LogP contribution in [-0.2, 0) is 6.42 Å². The maximum atomic E-state index is 12.4. The molecule has 0 fully saturated rings. The first-order valence-corrected chi connectivity index (χ1v) is 8.67. The summed E-state index contributed by atoms with van der Waals surface area (Å²) in [6, 6.07) is 12.5. The second kappa shape index (κ2) is 8.17. The van der Waals surface area contributed by atoms with Gasteiger partial charge in [0.25, 0.3) is 5.91 Å². The van der Waals surface area contributed by atoms with Crippen molar-refractivity contribution in [3.05, 3.63) is 70.9 Å². The summed E-state index contributed by atoms with van der Waals surface area (Å²) in [5, 5.41) is 2.91. The lowest BCUT2D eigenvalue weighted by molar-refractivity contribution is -0.154. The molecule has 1 amide bonds. The first kappa shape index (κ1) is 18.8. The van der Waals surface area contributed by atoms with Gasteiger partial charge in [-0.05, 0) is 17.7 Å². The summed E-state index contributed by atoms with van der Waals surface area (Å²) in [6.45, 7) is -1.53. The van der Waals surface area contributed by atoms with Gasteiger partial charge in [-0.15, -0.1) is 11.3 Å². The Kier molecular flexibility index (Phi) is 5.70. The van der Waals surface area contributed by atoms with Gasteiger partial charge in [-0.3, -0.25) is 10.1 Å². The lowest BCUT2D eigenvalue weighted by Crippen LogP contribution is -2.21. The van der Waals surface area contributed by atoms with Crippen molar-refractivity contribution in [3.8, 4) is 5.88 Å². The number of aromatic nitrogens is 2. The zero-order valence-corrected chi connectivity index (χ0v) is 14.7.